The number of amides is 1. The number of ketones is 1. The highest BCUT2D eigenvalue weighted by atomic mass is 16.3. The van der Waals surface area contributed by atoms with Crippen LogP contribution in [0.4, 0.5) is 0 Å². The van der Waals surface area contributed by atoms with Gasteiger partial charge in [-0.15, -0.1) is 0 Å². The number of Topliss-reactive ketones (excluding diaryl/α,β-unsaturated/α-hetero) is 1. The molecule has 1 amide bonds. The van der Waals surface area contributed by atoms with Crippen LogP contribution >= 0.6 is 0 Å². The zero-order chi connectivity index (χ0) is 28.1. The van der Waals surface area contributed by atoms with Crippen molar-refractivity contribution in [2.45, 2.75) is 106 Å². The van der Waals surface area contributed by atoms with E-state index in [1.807, 2.05) is 6.08 Å². The van der Waals surface area contributed by atoms with Gasteiger partial charge in [0.05, 0.1) is 13.2 Å². The van der Waals surface area contributed by atoms with E-state index >= 15 is 0 Å². The van der Waals surface area contributed by atoms with Crippen molar-refractivity contribution in [3.8, 4) is 0 Å². The zero-order valence-corrected chi connectivity index (χ0v) is 24.4. The highest BCUT2D eigenvalue weighted by Crippen LogP contribution is 2.15. The summed E-state index contributed by atoms with van der Waals surface area (Å²) in [7, 11) is 0. The summed E-state index contributed by atoms with van der Waals surface area (Å²) < 4.78 is 0. The fraction of sp³-hybridized carbons (Fsp3) is 0.625. The SMILES string of the molecule is CC(=O)CCC=C(C)CCC=C(C)CCC=C(C)CCC=C(C)CCC=C(C)C(=O)N(CCO)CCO. The van der Waals surface area contributed by atoms with Gasteiger partial charge >= 0.3 is 0 Å². The Morgan fingerprint density at radius 3 is 1.19 bits per heavy atom. The van der Waals surface area contributed by atoms with Gasteiger partial charge in [-0.1, -0.05) is 52.7 Å². The first-order chi connectivity index (χ1) is 17.6. The van der Waals surface area contributed by atoms with Crippen LogP contribution < -0.4 is 0 Å². The molecule has 0 radical (unpaired) electrons. The molecule has 0 aliphatic heterocycles. The quantitative estimate of drug-likeness (QED) is 0.135. The molecule has 0 aromatic rings. The van der Waals surface area contributed by atoms with E-state index in [2.05, 4.69) is 52.0 Å². The van der Waals surface area contributed by atoms with Crippen molar-refractivity contribution >= 4 is 11.7 Å². The topological polar surface area (TPSA) is 77.8 Å². The molecule has 210 valence electrons. The molecule has 5 heteroatoms. The molecular formula is C32H53NO4. The van der Waals surface area contributed by atoms with Gasteiger partial charge in [-0.25, -0.2) is 0 Å². The number of carbonyl (C=O) groups is 2. The minimum atomic E-state index is -0.122. The van der Waals surface area contributed by atoms with Crippen molar-refractivity contribution in [2.75, 3.05) is 26.3 Å². The Bertz CT molecular complexity index is 824. The maximum Gasteiger partial charge on any atom is 0.249 e. The van der Waals surface area contributed by atoms with Crippen LogP contribution in [-0.2, 0) is 9.59 Å². The van der Waals surface area contributed by atoms with E-state index in [1.54, 1.807) is 13.8 Å². The largest absolute Gasteiger partial charge is 0.395 e. The summed E-state index contributed by atoms with van der Waals surface area (Å²) in [5.41, 5.74) is 6.22. The molecule has 0 saturated carbocycles. The molecule has 0 unspecified atom stereocenters. The van der Waals surface area contributed by atoms with E-state index < -0.39 is 0 Å². The van der Waals surface area contributed by atoms with Crippen LogP contribution in [0, 0.1) is 0 Å². The van der Waals surface area contributed by atoms with Crippen LogP contribution in [0.15, 0.2) is 58.2 Å². The summed E-state index contributed by atoms with van der Waals surface area (Å²) >= 11 is 0. The zero-order valence-electron chi connectivity index (χ0n) is 24.4. The molecule has 0 aromatic heterocycles. The molecule has 0 aliphatic rings. The number of hydrogen-bond acceptors (Lipinski definition) is 4. The van der Waals surface area contributed by atoms with Gasteiger partial charge in [0.1, 0.15) is 5.78 Å². The summed E-state index contributed by atoms with van der Waals surface area (Å²) in [5.74, 6) is 0.133. The van der Waals surface area contributed by atoms with Gasteiger partial charge in [0.25, 0.3) is 0 Å². The fourth-order valence-corrected chi connectivity index (χ4v) is 3.98. The lowest BCUT2D eigenvalue weighted by molar-refractivity contribution is -0.128. The molecule has 0 spiro atoms. The molecule has 0 heterocycles. The molecule has 5 nitrogen and oxygen atoms in total. The second kappa shape index (κ2) is 21.8. The van der Waals surface area contributed by atoms with Gasteiger partial charge < -0.3 is 19.9 Å². The number of aliphatic hydroxyl groups excluding tert-OH is 2. The van der Waals surface area contributed by atoms with E-state index in [0.29, 0.717) is 12.0 Å². The first-order valence-corrected chi connectivity index (χ1v) is 13.9. The predicted molar refractivity (Wildman–Crippen MR) is 156 cm³/mol. The van der Waals surface area contributed by atoms with Crippen LogP contribution in [0.5, 0.6) is 0 Å². The Morgan fingerprint density at radius 1 is 0.541 bits per heavy atom. The average molecular weight is 516 g/mol. The van der Waals surface area contributed by atoms with Crippen LogP contribution in [0.25, 0.3) is 0 Å². The van der Waals surface area contributed by atoms with Gasteiger partial charge in [0.15, 0.2) is 0 Å². The summed E-state index contributed by atoms with van der Waals surface area (Å²) in [4.78, 5) is 24.9. The third-order valence-corrected chi connectivity index (χ3v) is 6.44. The molecule has 0 aliphatic carbocycles. The highest BCUT2D eigenvalue weighted by Gasteiger charge is 2.13. The molecule has 0 fully saturated rings. The van der Waals surface area contributed by atoms with Crippen molar-refractivity contribution < 1.29 is 19.8 Å². The van der Waals surface area contributed by atoms with Crippen molar-refractivity contribution in [1.29, 1.82) is 0 Å². The van der Waals surface area contributed by atoms with E-state index in [4.69, 9.17) is 10.2 Å². The first kappa shape index (κ1) is 34.8. The molecule has 0 aromatic carbocycles. The Kier molecular flexibility index (Phi) is 20.5. The smallest absolute Gasteiger partial charge is 0.249 e. The van der Waals surface area contributed by atoms with Crippen molar-refractivity contribution in [2.24, 2.45) is 0 Å². The van der Waals surface area contributed by atoms with Crippen molar-refractivity contribution in [3.05, 3.63) is 58.2 Å². The number of carbonyl (C=O) groups excluding carboxylic acids is 2. The van der Waals surface area contributed by atoms with Crippen molar-refractivity contribution in [3.63, 3.8) is 0 Å². The lowest BCUT2D eigenvalue weighted by Gasteiger charge is -2.20. The van der Waals surface area contributed by atoms with Crippen LogP contribution in [0.1, 0.15) is 106 Å². The highest BCUT2D eigenvalue weighted by molar-refractivity contribution is 5.92. The Morgan fingerprint density at radius 2 is 0.865 bits per heavy atom. The maximum atomic E-state index is 12.4. The lowest BCUT2D eigenvalue weighted by Crippen LogP contribution is -2.36. The molecular weight excluding hydrogens is 462 g/mol. The fourth-order valence-electron chi connectivity index (χ4n) is 3.98. The van der Waals surface area contributed by atoms with Gasteiger partial charge in [0, 0.05) is 25.1 Å². The van der Waals surface area contributed by atoms with E-state index in [1.165, 1.54) is 27.2 Å². The Balaban J connectivity index is 4.31. The van der Waals surface area contributed by atoms with Gasteiger partial charge in [-0.2, -0.15) is 0 Å². The summed E-state index contributed by atoms with van der Waals surface area (Å²) in [6.07, 6.45) is 20.8. The van der Waals surface area contributed by atoms with Crippen molar-refractivity contribution in [1.82, 2.24) is 4.90 Å². The predicted octanol–water partition coefficient (Wildman–Crippen LogP) is 7.02. The average Bonchev–Trinajstić information content (AvgIpc) is 2.83. The monoisotopic (exact) mass is 515 g/mol. The van der Waals surface area contributed by atoms with E-state index in [0.717, 1.165) is 57.8 Å². The number of nitrogens with zero attached hydrogens (tertiary/aromatic N) is 1. The van der Waals surface area contributed by atoms with Gasteiger partial charge in [0.2, 0.25) is 5.91 Å². The second-order valence-electron chi connectivity index (χ2n) is 10.2. The number of rotatable bonds is 20. The summed E-state index contributed by atoms with van der Waals surface area (Å²) in [5, 5.41) is 18.2. The molecule has 0 saturated heterocycles. The number of aliphatic hydroxyl groups is 2. The standard InChI is InChI=1S/C32H53NO4/c1-26(12-7-13-27(2)15-9-17-29(4)19-11-21-31(6)36)14-8-16-28(3)18-10-20-30(5)32(37)33(22-24-34)23-25-35/h12,15-16,19-20,34-35H,7-11,13-14,17-18,21-25H2,1-6H3. The number of hydrogen-bond donors (Lipinski definition) is 2. The third kappa shape index (κ3) is 19.5. The van der Waals surface area contributed by atoms with Crippen LogP contribution in [-0.4, -0.2) is 53.1 Å². The first-order valence-electron chi connectivity index (χ1n) is 13.9. The maximum absolute atomic E-state index is 12.4. The Labute approximate surface area is 226 Å². The van der Waals surface area contributed by atoms with Gasteiger partial charge in [-0.05, 0) is 99.3 Å². The molecule has 37 heavy (non-hydrogen) atoms. The van der Waals surface area contributed by atoms with Crippen LogP contribution in [0.2, 0.25) is 0 Å². The molecule has 0 atom stereocenters. The normalized spacial score (nSPS) is 13.8. The van der Waals surface area contributed by atoms with E-state index in [9.17, 15) is 9.59 Å². The second-order valence-corrected chi connectivity index (χ2v) is 10.2. The van der Waals surface area contributed by atoms with E-state index in [-0.39, 0.29) is 38.0 Å². The lowest BCUT2D eigenvalue weighted by atomic mass is 10.0. The summed E-state index contributed by atoms with van der Waals surface area (Å²) in [6, 6.07) is 0. The van der Waals surface area contributed by atoms with Crippen LogP contribution in [0.3, 0.4) is 0 Å². The Hall–Kier alpha value is -2.24. The third-order valence-electron chi connectivity index (χ3n) is 6.44. The minimum Gasteiger partial charge on any atom is -0.395 e. The number of allylic oxidation sites excluding steroid dienone is 9. The summed E-state index contributed by atoms with van der Waals surface area (Å²) in [6.45, 7) is 12.4. The molecule has 0 bridgehead atoms. The van der Waals surface area contributed by atoms with Gasteiger partial charge in [-0.3, -0.25) is 4.79 Å². The minimum absolute atomic E-state index is 0.104. The molecule has 2 N–H and O–H groups in total. The molecule has 0 rings (SSSR count).